The van der Waals surface area contributed by atoms with Crippen molar-refractivity contribution in [2.45, 2.75) is 52.0 Å². The molecule has 1 saturated carbocycles. The van der Waals surface area contributed by atoms with E-state index in [-0.39, 0.29) is 12.5 Å². The van der Waals surface area contributed by atoms with E-state index in [1.54, 1.807) is 0 Å². The second kappa shape index (κ2) is 8.48. The predicted octanol–water partition coefficient (Wildman–Crippen LogP) is 1.39. The van der Waals surface area contributed by atoms with Crippen molar-refractivity contribution in [1.82, 2.24) is 10.2 Å². The number of carbonyl (C=O) groups is 1. The summed E-state index contributed by atoms with van der Waals surface area (Å²) in [4.78, 5) is 13.9. The van der Waals surface area contributed by atoms with Gasteiger partial charge in [0, 0.05) is 12.6 Å². The standard InChI is InChI=1S/C14H28N2O2/c1-3-8-16(9-10-17)11-14(18)15-13-6-4-12(2)5-7-13/h12-13,17H,3-11H2,1-2H3,(H,15,18). The van der Waals surface area contributed by atoms with Crippen LogP contribution in [-0.4, -0.2) is 48.2 Å². The van der Waals surface area contributed by atoms with Gasteiger partial charge in [-0.15, -0.1) is 0 Å². The minimum absolute atomic E-state index is 0.108. The highest BCUT2D eigenvalue weighted by molar-refractivity contribution is 5.78. The summed E-state index contributed by atoms with van der Waals surface area (Å²) in [5, 5.41) is 12.1. The summed E-state index contributed by atoms with van der Waals surface area (Å²) in [6.45, 7) is 6.36. The molecular formula is C14H28N2O2. The monoisotopic (exact) mass is 256 g/mol. The fourth-order valence-corrected chi connectivity index (χ4v) is 2.61. The third-order valence-electron chi connectivity index (χ3n) is 3.70. The second-order valence-electron chi connectivity index (χ2n) is 5.52. The zero-order valence-corrected chi connectivity index (χ0v) is 11.8. The van der Waals surface area contributed by atoms with Crippen LogP contribution in [0.3, 0.4) is 0 Å². The van der Waals surface area contributed by atoms with Crippen molar-refractivity contribution in [2.75, 3.05) is 26.2 Å². The SMILES string of the molecule is CCCN(CCO)CC(=O)NC1CCC(C)CC1. The van der Waals surface area contributed by atoms with Crippen LogP contribution in [0.2, 0.25) is 0 Å². The molecule has 1 aliphatic rings. The zero-order valence-electron chi connectivity index (χ0n) is 11.8. The molecule has 0 radical (unpaired) electrons. The third kappa shape index (κ3) is 5.83. The van der Waals surface area contributed by atoms with Gasteiger partial charge in [-0.1, -0.05) is 13.8 Å². The summed E-state index contributed by atoms with van der Waals surface area (Å²) in [7, 11) is 0. The van der Waals surface area contributed by atoms with E-state index in [9.17, 15) is 4.79 Å². The van der Waals surface area contributed by atoms with Gasteiger partial charge in [-0.3, -0.25) is 9.69 Å². The Hall–Kier alpha value is -0.610. The molecule has 0 aliphatic heterocycles. The Labute approximate surface area is 111 Å². The summed E-state index contributed by atoms with van der Waals surface area (Å²) in [5.74, 6) is 0.917. The van der Waals surface area contributed by atoms with Crippen LogP contribution in [-0.2, 0) is 4.79 Å². The van der Waals surface area contributed by atoms with Crippen LogP contribution >= 0.6 is 0 Å². The van der Waals surface area contributed by atoms with E-state index in [2.05, 4.69) is 19.2 Å². The molecule has 1 aliphatic carbocycles. The maximum atomic E-state index is 11.9. The van der Waals surface area contributed by atoms with Gasteiger partial charge in [0.05, 0.1) is 13.2 Å². The number of hydrogen-bond acceptors (Lipinski definition) is 3. The molecule has 1 rings (SSSR count). The van der Waals surface area contributed by atoms with Crippen molar-refractivity contribution in [3.63, 3.8) is 0 Å². The van der Waals surface area contributed by atoms with Crippen molar-refractivity contribution in [3.8, 4) is 0 Å². The number of rotatable bonds is 7. The van der Waals surface area contributed by atoms with Gasteiger partial charge in [0.1, 0.15) is 0 Å². The third-order valence-corrected chi connectivity index (χ3v) is 3.70. The number of nitrogens with zero attached hydrogens (tertiary/aromatic N) is 1. The maximum Gasteiger partial charge on any atom is 0.234 e. The molecule has 1 fully saturated rings. The highest BCUT2D eigenvalue weighted by atomic mass is 16.3. The molecule has 1 amide bonds. The number of hydrogen-bond donors (Lipinski definition) is 2. The molecule has 2 N–H and O–H groups in total. The first kappa shape index (κ1) is 15.4. The second-order valence-corrected chi connectivity index (χ2v) is 5.52. The lowest BCUT2D eigenvalue weighted by Crippen LogP contribution is -2.44. The molecule has 0 saturated heterocycles. The molecule has 0 spiro atoms. The van der Waals surface area contributed by atoms with Crippen LogP contribution in [0.4, 0.5) is 0 Å². The van der Waals surface area contributed by atoms with Crippen LogP contribution in [0.5, 0.6) is 0 Å². The van der Waals surface area contributed by atoms with Crippen LogP contribution < -0.4 is 5.32 Å². The van der Waals surface area contributed by atoms with Gasteiger partial charge in [-0.2, -0.15) is 0 Å². The molecule has 0 heterocycles. The quantitative estimate of drug-likeness (QED) is 0.723. The van der Waals surface area contributed by atoms with Crippen molar-refractivity contribution < 1.29 is 9.90 Å². The minimum Gasteiger partial charge on any atom is -0.395 e. The fourth-order valence-electron chi connectivity index (χ4n) is 2.61. The van der Waals surface area contributed by atoms with Gasteiger partial charge in [-0.05, 0) is 44.6 Å². The normalized spacial score (nSPS) is 24.2. The Bertz CT molecular complexity index is 232. The van der Waals surface area contributed by atoms with Crippen molar-refractivity contribution in [1.29, 1.82) is 0 Å². The van der Waals surface area contributed by atoms with Gasteiger partial charge in [0.25, 0.3) is 0 Å². The first-order chi connectivity index (χ1) is 8.65. The topological polar surface area (TPSA) is 52.6 Å². The summed E-state index contributed by atoms with van der Waals surface area (Å²) in [6, 6.07) is 0.367. The van der Waals surface area contributed by atoms with Crippen LogP contribution in [0.15, 0.2) is 0 Å². The Morgan fingerprint density at radius 1 is 1.28 bits per heavy atom. The molecule has 4 heteroatoms. The minimum atomic E-state index is 0.108. The first-order valence-corrected chi connectivity index (χ1v) is 7.28. The van der Waals surface area contributed by atoms with Crippen LogP contribution in [0, 0.1) is 5.92 Å². The first-order valence-electron chi connectivity index (χ1n) is 7.28. The maximum absolute atomic E-state index is 11.9. The van der Waals surface area contributed by atoms with Crippen LogP contribution in [0.1, 0.15) is 46.0 Å². The molecule has 0 aromatic carbocycles. The van der Waals surface area contributed by atoms with Crippen molar-refractivity contribution in [2.24, 2.45) is 5.92 Å². The lowest BCUT2D eigenvalue weighted by molar-refractivity contribution is -0.123. The van der Waals surface area contributed by atoms with E-state index >= 15 is 0 Å². The summed E-state index contributed by atoms with van der Waals surface area (Å²) < 4.78 is 0. The highest BCUT2D eigenvalue weighted by Crippen LogP contribution is 2.23. The lowest BCUT2D eigenvalue weighted by atomic mass is 9.87. The fraction of sp³-hybridized carbons (Fsp3) is 0.929. The lowest BCUT2D eigenvalue weighted by Gasteiger charge is -2.28. The number of aliphatic hydroxyl groups is 1. The molecule has 0 unspecified atom stereocenters. The van der Waals surface area contributed by atoms with E-state index in [0.29, 0.717) is 19.1 Å². The van der Waals surface area contributed by atoms with Gasteiger partial charge >= 0.3 is 0 Å². The largest absolute Gasteiger partial charge is 0.395 e. The molecule has 0 aromatic rings. The Morgan fingerprint density at radius 3 is 2.50 bits per heavy atom. The van der Waals surface area contributed by atoms with E-state index in [1.807, 2.05) is 4.90 Å². The van der Waals surface area contributed by atoms with E-state index in [0.717, 1.165) is 31.7 Å². The number of aliphatic hydroxyl groups excluding tert-OH is 1. The average Bonchev–Trinajstić information content (AvgIpc) is 2.33. The van der Waals surface area contributed by atoms with Gasteiger partial charge in [0.2, 0.25) is 5.91 Å². The molecular weight excluding hydrogens is 228 g/mol. The van der Waals surface area contributed by atoms with E-state index in [1.165, 1.54) is 12.8 Å². The van der Waals surface area contributed by atoms with Gasteiger partial charge in [-0.25, -0.2) is 0 Å². The van der Waals surface area contributed by atoms with Crippen molar-refractivity contribution >= 4 is 5.91 Å². The summed E-state index contributed by atoms with van der Waals surface area (Å²) in [6.07, 6.45) is 5.68. The molecule has 106 valence electrons. The number of nitrogens with one attached hydrogen (secondary N) is 1. The molecule has 4 nitrogen and oxygen atoms in total. The number of amides is 1. The summed E-state index contributed by atoms with van der Waals surface area (Å²) in [5.41, 5.74) is 0. The van der Waals surface area contributed by atoms with Gasteiger partial charge < -0.3 is 10.4 Å². The Kier molecular flexibility index (Phi) is 7.28. The Balaban J connectivity index is 2.26. The molecule has 0 atom stereocenters. The summed E-state index contributed by atoms with van der Waals surface area (Å²) >= 11 is 0. The molecule has 0 aromatic heterocycles. The molecule has 18 heavy (non-hydrogen) atoms. The predicted molar refractivity (Wildman–Crippen MR) is 73.4 cm³/mol. The average molecular weight is 256 g/mol. The van der Waals surface area contributed by atoms with Gasteiger partial charge in [0.15, 0.2) is 0 Å². The van der Waals surface area contributed by atoms with E-state index in [4.69, 9.17) is 5.11 Å². The van der Waals surface area contributed by atoms with Crippen LogP contribution in [0.25, 0.3) is 0 Å². The van der Waals surface area contributed by atoms with Crippen molar-refractivity contribution in [3.05, 3.63) is 0 Å². The highest BCUT2D eigenvalue weighted by Gasteiger charge is 2.20. The van der Waals surface area contributed by atoms with E-state index < -0.39 is 0 Å². The zero-order chi connectivity index (χ0) is 13.4. The number of carbonyl (C=O) groups excluding carboxylic acids is 1. The Morgan fingerprint density at radius 2 is 1.94 bits per heavy atom. The smallest absolute Gasteiger partial charge is 0.234 e. The molecule has 0 bridgehead atoms.